The van der Waals surface area contributed by atoms with Crippen molar-refractivity contribution in [1.29, 1.82) is 0 Å². The molecule has 0 radical (unpaired) electrons. The molecule has 1 aromatic rings. The van der Waals surface area contributed by atoms with Crippen molar-refractivity contribution >= 4 is 11.6 Å². The Bertz CT molecular complexity index is 408. The van der Waals surface area contributed by atoms with Crippen LogP contribution < -0.4 is 0 Å². The fourth-order valence-electron chi connectivity index (χ4n) is 2.30. The summed E-state index contributed by atoms with van der Waals surface area (Å²) in [5.41, 5.74) is 1.22. The summed E-state index contributed by atoms with van der Waals surface area (Å²) in [6.07, 6.45) is 0.736. The lowest BCUT2D eigenvalue weighted by molar-refractivity contribution is -0.130. The maximum Gasteiger partial charge on any atom is 0.133 e. The highest BCUT2D eigenvalue weighted by atomic mass is 16.1. The van der Waals surface area contributed by atoms with Crippen LogP contribution in [0.1, 0.15) is 45.6 Å². The largest absolute Gasteiger partial charge is 0.300 e. The summed E-state index contributed by atoms with van der Waals surface area (Å²) in [6.45, 7) is 7.11. The molecule has 0 amide bonds. The van der Waals surface area contributed by atoms with Gasteiger partial charge in [0.2, 0.25) is 0 Å². The highest BCUT2D eigenvalue weighted by Crippen LogP contribution is 2.28. The van der Waals surface area contributed by atoms with E-state index in [9.17, 15) is 9.59 Å². The summed E-state index contributed by atoms with van der Waals surface area (Å²) in [6, 6.07) is 10.1. The first-order valence-corrected chi connectivity index (χ1v) is 6.49. The van der Waals surface area contributed by atoms with E-state index in [4.69, 9.17) is 0 Å². The van der Waals surface area contributed by atoms with Crippen LogP contribution in [-0.4, -0.2) is 11.6 Å². The van der Waals surface area contributed by atoms with Crippen molar-refractivity contribution in [3.05, 3.63) is 35.9 Å². The number of Topliss-reactive ketones (excluding diaryl/α,β-unsaturated/α-hetero) is 2. The Hall–Kier alpha value is -1.44. The lowest BCUT2D eigenvalue weighted by Gasteiger charge is -2.23. The summed E-state index contributed by atoms with van der Waals surface area (Å²) in [5, 5.41) is 0. The molecule has 2 heteroatoms. The first-order chi connectivity index (χ1) is 8.43. The average molecular weight is 246 g/mol. The Labute approximate surface area is 109 Å². The zero-order chi connectivity index (χ0) is 13.7. The number of carbonyl (C=O) groups is 2. The molecule has 18 heavy (non-hydrogen) atoms. The molecule has 0 saturated heterocycles. The third-order valence-corrected chi connectivity index (χ3v) is 3.74. The Morgan fingerprint density at radius 3 is 2.00 bits per heavy atom. The fraction of sp³-hybridized carbons (Fsp3) is 0.500. The monoisotopic (exact) mass is 246 g/mol. The van der Waals surface area contributed by atoms with Gasteiger partial charge in [0.15, 0.2) is 0 Å². The number of hydrogen-bond acceptors (Lipinski definition) is 2. The second-order valence-electron chi connectivity index (χ2n) is 5.16. The maximum atomic E-state index is 11.7. The summed E-state index contributed by atoms with van der Waals surface area (Å²) < 4.78 is 0. The van der Waals surface area contributed by atoms with Crippen molar-refractivity contribution in [3.8, 4) is 0 Å². The molecule has 3 unspecified atom stereocenters. The SMILES string of the molecule is CC(=O)C(C)C(CC(C)c1ccccc1)C(C)=O. The van der Waals surface area contributed by atoms with Crippen molar-refractivity contribution < 1.29 is 9.59 Å². The molecule has 0 bridgehead atoms. The van der Waals surface area contributed by atoms with Crippen molar-refractivity contribution in [3.63, 3.8) is 0 Å². The van der Waals surface area contributed by atoms with Crippen molar-refractivity contribution in [2.45, 2.75) is 40.0 Å². The smallest absolute Gasteiger partial charge is 0.133 e. The molecule has 0 aromatic heterocycles. The lowest BCUT2D eigenvalue weighted by Crippen LogP contribution is -2.26. The highest BCUT2D eigenvalue weighted by molar-refractivity contribution is 5.87. The zero-order valence-electron chi connectivity index (χ0n) is 11.6. The standard InChI is InChI=1S/C16H22O2/c1-11(15-8-6-5-7-9-15)10-16(14(4)18)12(2)13(3)17/h5-9,11-12,16H,10H2,1-4H3. The van der Waals surface area contributed by atoms with E-state index in [1.165, 1.54) is 5.56 Å². The number of hydrogen-bond donors (Lipinski definition) is 0. The van der Waals surface area contributed by atoms with Crippen LogP contribution in [0.5, 0.6) is 0 Å². The topological polar surface area (TPSA) is 34.1 Å². The highest BCUT2D eigenvalue weighted by Gasteiger charge is 2.27. The van der Waals surface area contributed by atoms with Crippen LogP contribution in [0.4, 0.5) is 0 Å². The molecule has 2 nitrogen and oxygen atoms in total. The summed E-state index contributed by atoms with van der Waals surface area (Å²) in [4.78, 5) is 23.2. The van der Waals surface area contributed by atoms with Gasteiger partial charge in [-0.05, 0) is 31.7 Å². The first-order valence-electron chi connectivity index (χ1n) is 6.49. The molecule has 1 rings (SSSR count). The van der Waals surface area contributed by atoms with E-state index in [1.807, 2.05) is 25.1 Å². The second-order valence-corrected chi connectivity index (χ2v) is 5.16. The molecule has 98 valence electrons. The van der Waals surface area contributed by atoms with Gasteiger partial charge in [-0.25, -0.2) is 0 Å². The Morgan fingerprint density at radius 1 is 1.00 bits per heavy atom. The van der Waals surface area contributed by atoms with Crippen LogP contribution in [0.2, 0.25) is 0 Å². The van der Waals surface area contributed by atoms with Crippen LogP contribution in [0.3, 0.4) is 0 Å². The molecule has 1 aromatic carbocycles. The number of rotatable bonds is 6. The summed E-state index contributed by atoms with van der Waals surface area (Å²) in [5.74, 6) is 0.143. The van der Waals surface area contributed by atoms with Gasteiger partial charge >= 0.3 is 0 Å². The van der Waals surface area contributed by atoms with Crippen LogP contribution in [0, 0.1) is 11.8 Å². The van der Waals surface area contributed by atoms with Crippen molar-refractivity contribution in [1.82, 2.24) is 0 Å². The molecular weight excluding hydrogens is 224 g/mol. The molecule has 0 N–H and O–H groups in total. The minimum absolute atomic E-state index is 0.0930. The predicted molar refractivity (Wildman–Crippen MR) is 73.5 cm³/mol. The van der Waals surface area contributed by atoms with E-state index in [0.717, 1.165) is 6.42 Å². The van der Waals surface area contributed by atoms with Gasteiger partial charge in [-0.2, -0.15) is 0 Å². The molecule has 0 aliphatic rings. The molecule has 0 saturated carbocycles. The van der Waals surface area contributed by atoms with Crippen LogP contribution in [0.25, 0.3) is 0 Å². The summed E-state index contributed by atoms with van der Waals surface area (Å²) in [7, 11) is 0. The average Bonchev–Trinajstić information content (AvgIpc) is 2.35. The fourth-order valence-corrected chi connectivity index (χ4v) is 2.30. The minimum atomic E-state index is -0.186. The van der Waals surface area contributed by atoms with E-state index in [0.29, 0.717) is 5.92 Å². The Kier molecular flexibility index (Phi) is 5.26. The third-order valence-electron chi connectivity index (χ3n) is 3.74. The number of carbonyl (C=O) groups excluding carboxylic acids is 2. The van der Waals surface area contributed by atoms with Gasteiger partial charge in [0, 0.05) is 11.8 Å². The van der Waals surface area contributed by atoms with Gasteiger partial charge in [-0.1, -0.05) is 44.2 Å². The molecule has 3 atom stereocenters. The van der Waals surface area contributed by atoms with Crippen molar-refractivity contribution in [2.75, 3.05) is 0 Å². The van der Waals surface area contributed by atoms with E-state index in [1.54, 1.807) is 13.8 Å². The van der Waals surface area contributed by atoms with Gasteiger partial charge < -0.3 is 0 Å². The predicted octanol–water partition coefficient (Wildman–Crippen LogP) is 3.61. The quantitative estimate of drug-likeness (QED) is 0.768. The molecule has 0 aliphatic carbocycles. The van der Waals surface area contributed by atoms with Crippen LogP contribution in [0.15, 0.2) is 30.3 Å². The number of ketones is 2. The molecule has 0 spiro atoms. The Balaban J connectivity index is 2.79. The maximum absolute atomic E-state index is 11.7. The van der Waals surface area contributed by atoms with E-state index in [2.05, 4.69) is 19.1 Å². The summed E-state index contributed by atoms with van der Waals surface area (Å²) >= 11 is 0. The Morgan fingerprint density at radius 2 is 1.56 bits per heavy atom. The normalized spacial score (nSPS) is 15.8. The van der Waals surface area contributed by atoms with Crippen LogP contribution in [-0.2, 0) is 9.59 Å². The second kappa shape index (κ2) is 6.48. The molecule has 0 heterocycles. The van der Waals surface area contributed by atoms with E-state index >= 15 is 0 Å². The van der Waals surface area contributed by atoms with Crippen molar-refractivity contribution in [2.24, 2.45) is 11.8 Å². The molecular formula is C16H22O2. The van der Waals surface area contributed by atoms with Crippen LogP contribution >= 0.6 is 0 Å². The molecule has 0 aliphatic heterocycles. The van der Waals surface area contributed by atoms with Gasteiger partial charge in [0.25, 0.3) is 0 Å². The van der Waals surface area contributed by atoms with Gasteiger partial charge in [-0.15, -0.1) is 0 Å². The van der Waals surface area contributed by atoms with E-state index < -0.39 is 0 Å². The number of benzene rings is 1. The van der Waals surface area contributed by atoms with Gasteiger partial charge in [-0.3, -0.25) is 9.59 Å². The molecule has 0 fully saturated rings. The minimum Gasteiger partial charge on any atom is -0.300 e. The zero-order valence-corrected chi connectivity index (χ0v) is 11.6. The lowest BCUT2D eigenvalue weighted by atomic mass is 9.80. The third kappa shape index (κ3) is 3.80. The van der Waals surface area contributed by atoms with Gasteiger partial charge in [0.05, 0.1) is 0 Å². The van der Waals surface area contributed by atoms with E-state index in [-0.39, 0.29) is 23.4 Å². The first kappa shape index (κ1) is 14.6. The van der Waals surface area contributed by atoms with Gasteiger partial charge in [0.1, 0.15) is 11.6 Å².